The molecule has 0 atom stereocenters. The molecule has 2 heterocycles. The third-order valence-electron chi connectivity index (χ3n) is 2.59. The molecule has 2 aromatic rings. The summed E-state index contributed by atoms with van der Waals surface area (Å²) in [7, 11) is 0. The van der Waals surface area contributed by atoms with Crippen molar-refractivity contribution in [3.63, 3.8) is 0 Å². The lowest BCUT2D eigenvalue weighted by Gasteiger charge is -2.23. The fraction of sp³-hybridized carbons (Fsp3) is 0.273. The number of nitrogens with zero attached hydrogens (tertiary/aromatic N) is 2. The smallest absolute Gasteiger partial charge is 0.147 e. The van der Waals surface area contributed by atoms with Gasteiger partial charge in [0.25, 0.3) is 0 Å². The van der Waals surface area contributed by atoms with Crippen molar-refractivity contribution in [3.05, 3.63) is 35.3 Å². The summed E-state index contributed by atoms with van der Waals surface area (Å²) in [6.45, 7) is 2.09. The van der Waals surface area contributed by atoms with E-state index in [4.69, 9.17) is 0 Å². The van der Waals surface area contributed by atoms with E-state index in [-0.39, 0.29) is 0 Å². The number of rotatable bonds is 2. The van der Waals surface area contributed by atoms with E-state index in [2.05, 4.69) is 27.6 Å². The first-order valence-electron chi connectivity index (χ1n) is 5.03. The summed E-state index contributed by atoms with van der Waals surface area (Å²) >= 11 is 1.71. The zero-order valence-electron chi connectivity index (χ0n) is 8.18. The van der Waals surface area contributed by atoms with E-state index in [0.29, 0.717) is 5.92 Å². The van der Waals surface area contributed by atoms with E-state index in [9.17, 15) is 0 Å². The van der Waals surface area contributed by atoms with Crippen molar-refractivity contribution in [2.24, 2.45) is 0 Å². The SMILES string of the molecule is c1ccc(-c2nnc(C3CNC3)s2)cc1. The molecule has 1 aromatic heterocycles. The van der Waals surface area contributed by atoms with Gasteiger partial charge in [0.05, 0.1) is 0 Å². The second kappa shape index (κ2) is 3.72. The van der Waals surface area contributed by atoms with Gasteiger partial charge >= 0.3 is 0 Å². The molecular formula is C11H11N3S. The average molecular weight is 217 g/mol. The molecule has 0 spiro atoms. The summed E-state index contributed by atoms with van der Waals surface area (Å²) in [5.74, 6) is 0.583. The van der Waals surface area contributed by atoms with Gasteiger partial charge in [-0.3, -0.25) is 0 Å². The molecule has 3 nitrogen and oxygen atoms in total. The number of hydrogen-bond acceptors (Lipinski definition) is 4. The molecule has 4 heteroatoms. The molecule has 15 heavy (non-hydrogen) atoms. The standard InChI is InChI=1S/C11H11N3S/c1-2-4-8(5-3-1)10-13-14-11(15-10)9-6-12-7-9/h1-5,9,12H,6-7H2. The molecule has 0 saturated carbocycles. The van der Waals surface area contributed by atoms with Gasteiger partial charge in [0.1, 0.15) is 10.0 Å². The predicted octanol–water partition coefficient (Wildman–Crippen LogP) is 1.89. The zero-order valence-corrected chi connectivity index (χ0v) is 9.00. The van der Waals surface area contributed by atoms with E-state index in [0.717, 1.165) is 28.7 Å². The Hall–Kier alpha value is -1.26. The maximum absolute atomic E-state index is 4.24. The van der Waals surface area contributed by atoms with Crippen LogP contribution in [0.1, 0.15) is 10.9 Å². The van der Waals surface area contributed by atoms with Crippen molar-refractivity contribution in [1.82, 2.24) is 15.5 Å². The van der Waals surface area contributed by atoms with Crippen LogP contribution >= 0.6 is 11.3 Å². The van der Waals surface area contributed by atoms with Crippen molar-refractivity contribution in [2.45, 2.75) is 5.92 Å². The molecule has 1 N–H and O–H groups in total. The highest BCUT2D eigenvalue weighted by Crippen LogP contribution is 2.28. The minimum atomic E-state index is 0.583. The van der Waals surface area contributed by atoms with Gasteiger partial charge in [0.2, 0.25) is 0 Å². The third kappa shape index (κ3) is 1.66. The molecule has 3 rings (SSSR count). The summed E-state index contributed by atoms with van der Waals surface area (Å²) in [5, 5.41) is 13.9. The first-order valence-corrected chi connectivity index (χ1v) is 5.84. The molecule has 1 saturated heterocycles. The Morgan fingerprint density at radius 3 is 2.60 bits per heavy atom. The minimum Gasteiger partial charge on any atom is -0.315 e. The number of hydrogen-bond donors (Lipinski definition) is 1. The molecule has 0 aliphatic carbocycles. The van der Waals surface area contributed by atoms with E-state index in [1.807, 2.05) is 18.2 Å². The lowest BCUT2D eigenvalue weighted by Crippen LogP contribution is -2.39. The van der Waals surface area contributed by atoms with Gasteiger partial charge in [0, 0.05) is 24.6 Å². The molecular weight excluding hydrogens is 206 g/mol. The number of aromatic nitrogens is 2. The molecule has 0 radical (unpaired) electrons. The highest BCUT2D eigenvalue weighted by molar-refractivity contribution is 7.14. The van der Waals surface area contributed by atoms with Gasteiger partial charge in [-0.15, -0.1) is 10.2 Å². The second-order valence-corrected chi connectivity index (χ2v) is 4.68. The quantitative estimate of drug-likeness (QED) is 0.834. The van der Waals surface area contributed by atoms with Crippen LogP contribution in [0, 0.1) is 0 Å². The van der Waals surface area contributed by atoms with Crippen molar-refractivity contribution in [1.29, 1.82) is 0 Å². The first-order chi connectivity index (χ1) is 7.43. The van der Waals surface area contributed by atoms with Crippen LogP contribution in [-0.2, 0) is 0 Å². The maximum atomic E-state index is 4.24. The Balaban J connectivity index is 1.90. The van der Waals surface area contributed by atoms with Crippen LogP contribution in [0.3, 0.4) is 0 Å². The van der Waals surface area contributed by atoms with E-state index < -0.39 is 0 Å². The monoisotopic (exact) mass is 217 g/mol. The molecule has 1 aliphatic rings. The van der Waals surface area contributed by atoms with Crippen LogP contribution in [0.25, 0.3) is 10.6 Å². The summed E-state index contributed by atoms with van der Waals surface area (Å²) < 4.78 is 0. The van der Waals surface area contributed by atoms with Crippen LogP contribution in [0.5, 0.6) is 0 Å². The van der Waals surface area contributed by atoms with E-state index >= 15 is 0 Å². The normalized spacial score (nSPS) is 16.3. The molecule has 1 fully saturated rings. The topological polar surface area (TPSA) is 37.8 Å². The lowest BCUT2D eigenvalue weighted by atomic mass is 10.1. The summed E-state index contributed by atoms with van der Waals surface area (Å²) in [6, 6.07) is 10.2. The molecule has 1 aliphatic heterocycles. The van der Waals surface area contributed by atoms with Crippen LogP contribution in [-0.4, -0.2) is 23.3 Å². The third-order valence-corrected chi connectivity index (χ3v) is 3.73. The number of benzene rings is 1. The van der Waals surface area contributed by atoms with E-state index in [1.54, 1.807) is 11.3 Å². The Kier molecular flexibility index (Phi) is 2.23. The van der Waals surface area contributed by atoms with Crippen LogP contribution in [0.2, 0.25) is 0 Å². The van der Waals surface area contributed by atoms with Crippen LogP contribution in [0.15, 0.2) is 30.3 Å². The van der Waals surface area contributed by atoms with Gasteiger partial charge in [-0.1, -0.05) is 41.7 Å². The molecule has 0 amide bonds. The Morgan fingerprint density at radius 2 is 1.93 bits per heavy atom. The minimum absolute atomic E-state index is 0.583. The molecule has 0 unspecified atom stereocenters. The maximum Gasteiger partial charge on any atom is 0.147 e. The van der Waals surface area contributed by atoms with Gasteiger partial charge in [0.15, 0.2) is 0 Å². The summed E-state index contributed by atoms with van der Waals surface area (Å²) in [4.78, 5) is 0. The van der Waals surface area contributed by atoms with Gasteiger partial charge < -0.3 is 5.32 Å². The highest BCUT2D eigenvalue weighted by Gasteiger charge is 2.23. The zero-order chi connectivity index (χ0) is 10.1. The van der Waals surface area contributed by atoms with Gasteiger partial charge in [-0.2, -0.15) is 0 Å². The predicted molar refractivity (Wildman–Crippen MR) is 61.0 cm³/mol. The fourth-order valence-electron chi connectivity index (χ4n) is 1.56. The Morgan fingerprint density at radius 1 is 1.13 bits per heavy atom. The van der Waals surface area contributed by atoms with Crippen LogP contribution < -0.4 is 5.32 Å². The summed E-state index contributed by atoms with van der Waals surface area (Å²) in [5.41, 5.74) is 1.16. The van der Waals surface area contributed by atoms with Crippen molar-refractivity contribution >= 4 is 11.3 Å². The fourth-order valence-corrected chi connectivity index (χ4v) is 2.51. The Bertz CT molecular complexity index is 448. The van der Waals surface area contributed by atoms with Crippen molar-refractivity contribution < 1.29 is 0 Å². The van der Waals surface area contributed by atoms with Gasteiger partial charge in [-0.05, 0) is 0 Å². The number of nitrogens with one attached hydrogen (secondary N) is 1. The lowest BCUT2D eigenvalue weighted by molar-refractivity contribution is 0.444. The summed E-state index contributed by atoms with van der Waals surface area (Å²) in [6.07, 6.45) is 0. The average Bonchev–Trinajstić information content (AvgIpc) is 2.66. The van der Waals surface area contributed by atoms with Crippen molar-refractivity contribution in [3.8, 4) is 10.6 Å². The molecule has 76 valence electrons. The molecule has 0 bridgehead atoms. The van der Waals surface area contributed by atoms with Crippen LogP contribution in [0.4, 0.5) is 0 Å². The van der Waals surface area contributed by atoms with Gasteiger partial charge in [-0.25, -0.2) is 0 Å². The second-order valence-electron chi connectivity index (χ2n) is 3.67. The first kappa shape index (κ1) is 9.00. The molecule has 1 aromatic carbocycles. The van der Waals surface area contributed by atoms with E-state index in [1.165, 1.54) is 0 Å². The highest BCUT2D eigenvalue weighted by atomic mass is 32.1. The van der Waals surface area contributed by atoms with Crippen molar-refractivity contribution in [2.75, 3.05) is 13.1 Å². The largest absolute Gasteiger partial charge is 0.315 e. The Labute approximate surface area is 92.2 Å².